The Labute approximate surface area is 104 Å². The van der Waals surface area contributed by atoms with E-state index in [4.69, 9.17) is 23.2 Å². The van der Waals surface area contributed by atoms with Crippen LogP contribution in [0.3, 0.4) is 0 Å². The number of nitrogens with zero attached hydrogens (tertiary/aromatic N) is 1. The zero-order valence-corrected chi connectivity index (χ0v) is 10.5. The van der Waals surface area contributed by atoms with Gasteiger partial charge >= 0.3 is 0 Å². The largest absolute Gasteiger partial charge is 0.331 e. The minimum Gasteiger partial charge on any atom is -0.331 e. The molecule has 4 heteroatoms. The van der Waals surface area contributed by atoms with E-state index in [0.29, 0.717) is 5.02 Å². The lowest BCUT2D eigenvalue weighted by Crippen LogP contribution is -2.28. The van der Waals surface area contributed by atoms with E-state index in [2.05, 4.69) is 16.8 Å². The smallest absolute Gasteiger partial charge is 0.0728 e. The van der Waals surface area contributed by atoms with E-state index in [9.17, 15) is 0 Å². The van der Waals surface area contributed by atoms with Gasteiger partial charge < -0.3 is 4.57 Å². The zero-order valence-electron chi connectivity index (χ0n) is 8.98. The van der Waals surface area contributed by atoms with Gasteiger partial charge in [0.2, 0.25) is 0 Å². The second-order valence-electron chi connectivity index (χ2n) is 4.19. The van der Waals surface area contributed by atoms with Crippen LogP contribution in [0.5, 0.6) is 0 Å². The molecule has 16 heavy (non-hydrogen) atoms. The minimum absolute atomic E-state index is 0.698. The molecule has 0 spiro atoms. The Hall–Kier alpha value is -0.700. The Kier molecular flexibility index (Phi) is 2.39. The first-order valence-corrected chi connectivity index (χ1v) is 6.11. The van der Waals surface area contributed by atoms with Gasteiger partial charge in [0.05, 0.1) is 17.2 Å². The molecule has 0 saturated carbocycles. The van der Waals surface area contributed by atoms with E-state index < -0.39 is 0 Å². The van der Waals surface area contributed by atoms with Gasteiger partial charge in [0, 0.05) is 29.1 Å². The van der Waals surface area contributed by atoms with Gasteiger partial charge in [0.15, 0.2) is 0 Å². The fourth-order valence-electron chi connectivity index (χ4n) is 2.54. The van der Waals surface area contributed by atoms with Gasteiger partial charge in [-0.3, -0.25) is 5.32 Å². The van der Waals surface area contributed by atoms with Crippen LogP contribution in [-0.2, 0) is 13.1 Å². The summed E-state index contributed by atoms with van der Waals surface area (Å²) in [6.07, 6.45) is 1.05. The summed E-state index contributed by atoms with van der Waals surface area (Å²) in [7, 11) is 0. The van der Waals surface area contributed by atoms with Gasteiger partial charge in [-0.25, -0.2) is 0 Å². The van der Waals surface area contributed by atoms with Crippen LogP contribution in [0.25, 0.3) is 10.9 Å². The van der Waals surface area contributed by atoms with Gasteiger partial charge in [-0.1, -0.05) is 23.2 Å². The topological polar surface area (TPSA) is 17.0 Å². The molecule has 2 heterocycles. The van der Waals surface area contributed by atoms with Crippen LogP contribution in [0.2, 0.25) is 10.0 Å². The third kappa shape index (κ3) is 1.37. The van der Waals surface area contributed by atoms with Crippen molar-refractivity contribution in [2.75, 3.05) is 6.54 Å². The second kappa shape index (κ2) is 3.66. The summed E-state index contributed by atoms with van der Waals surface area (Å²) in [5.74, 6) is 0. The summed E-state index contributed by atoms with van der Waals surface area (Å²) in [6.45, 7) is 4.01. The molecular weight excluding hydrogens is 243 g/mol. The number of halogens is 2. The number of hydrogen-bond acceptors (Lipinski definition) is 1. The zero-order chi connectivity index (χ0) is 11.3. The standard InChI is InChI=1S/C12H12Cl2N2/c1-7-10-2-3-15-6-16(10)11-5-8(13)4-9(14)12(7)11/h4-5,15H,2-3,6H2,1H3. The number of rotatable bonds is 0. The fraction of sp³-hybridized carbons (Fsp3) is 0.333. The Balaban J connectivity index is 2.44. The van der Waals surface area contributed by atoms with E-state index >= 15 is 0 Å². The molecule has 2 aromatic rings. The Morgan fingerprint density at radius 1 is 1.31 bits per heavy atom. The van der Waals surface area contributed by atoms with Gasteiger partial charge in [-0.2, -0.15) is 0 Å². The molecule has 0 saturated heterocycles. The fourth-order valence-corrected chi connectivity index (χ4v) is 3.16. The number of nitrogens with one attached hydrogen (secondary N) is 1. The highest BCUT2D eigenvalue weighted by molar-refractivity contribution is 6.38. The first-order valence-electron chi connectivity index (χ1n) is 5.36. The van der Waals surface area contributed by atoms with Crippen molar-refractivity contribution in [2.24, 2.45) is 0 Å². The lowest BCUT2D eigenvalue weighted by atomic mass is 10.1. The van der Waals surface area contributed by atoms with E-state index in [-0.39, 0.29) is 0 Å². The number of fused-ring (bicyclic) bond motifs is 3. The predicted octanol–water partition coefficient (Wildman–Crippen LogP) is 3.36. The molecule has 1 aromatic carbocycles. The average molecular weight is 255 g/mol. The summed E-state index contributed by atoms with van der Waals surface area (Å²) < 4.78 is 2.27. The summed E-state index contributed by atoms with van der Waals surface area (Å²) in [6, 6.07) is 3.81. The number of aryl methyl sites for hydroxylation is 1. The third-order valence-corrected chi connectivity index (χ3v) is 3.78. The summed E-state index contributed by atoms with van der Waals surface area (Å²) >= 11 is 12.3. The SMILES string of the molecule is Cc1c2n(c3cc(Cl)cc(Cl)c13)CNCC2. The maximum absolute atomic E-state index is 6.27. The Morgan fingerprint density at radius 2 is 2.12 bits per heavy atom. The third-order valence-electron chi connectivity index (χ3n) is 3.27. The molecule has 1 aliphatic rings. The van der Waals surface area contributed by atoms with Crippen LogP contribution >= 0.6 is 23.2 Å². The van der Waals surface area contributed by atoms with Crippen molar-refractivity contribution in [2.45, 2.75) is 20.0 Å². The van der Waals surface area contributed by atoms with Crippen LogP contribution in [0.1, 0.15) is 11.3 Å². The molecule has 0 radical (unpaired) electrons. The molecule has 0 atom stereocenters. The van der Waals surface area contributed by atoms with Crippen LogP contribution in [0, 0.1) is 6.92 Å². The molecule has 3 rings (SSSR count). The molecule has 2 nitrogen and oxygen atoms in total. The van der Waals surface area contributed by atoms with Crippen LogP contribution < -0.4 is 5.32 Å². The van der Waals surface area contributed by atoms with Gasteiger partial charge in [0.1, 0.15) is 0 Å². The van der Waals surface area contributed by atoms with E-state index in [1.54, 1.807) is 0 Å². The highest BCUT2D eigenvalue weighted by Crippen LogP contribution is 2.34. The molecule has 1 aromatic heterocycles. The van der Waals surface area contributed by atoms with Crippen molar-refractivity contribution in [1.29, 1.82) is 0 Å². The van der Waals surface area contributed by atoms with Crippen LogP contribution in [0.15, 0.2) is 12.1 Å². The molecule has 0 aliphatic carbocycles. The molecule has 0 fully saturated rings. The maximum Gasteiger partial charge on any atom is 0.0728 e. The van der Waals surface area contributed by atoms with Crippen molar-refractivity contribution in [3.8, 4) is 0 Å². The van der Waals surface area contributed by atoms with Crippen LogP contribution in [0.4, 0.5) is 0 Å². The summed E-state index contributed by atoms with van der Waals surface area (Å²) in [5, 5.41) is 5.95. The molecule has 0 unspecified atom stereocenters. The van der Waals surface area contributed by atoms with Gasteiger partial charge in [-0.05, 0) is 24.6 Å². The average Bonchev–Trinajstić information content (AvgIpc) is 2.54. The Morgan fingerprint density at radius 3 is 2.94 bits per heavy atom. The van der Waals surface area contributed by atoms with Crippen molar-refractivity contribution < 1.29 is 0 Å². The second-order valence-corrected chi connectivity index (χ2v) is 5.03. The van der Waals surface area contributed by atoms with Crippen molar-refractivity contribution >= 4 is 34.1 Å². The van der Waals surface area contributed by atoms with E-state index in [0.717, 1.165) is 35.6 Å². The van der Waals surface area contributed by atoms with E-state index in [1.165, 1.54) is 11.3 Å². The molecular formula is C12H12Cl2N2. The minimum atomic E-state index is 0.698. The first-order chi connectivity index (χ1) is 7.68. The molecule has 0 amide bonds. The highest BCUT2D eigenvalue weighted by atomic mass is 35.5. The van der Waals surface area contributed by atoms with Crippen molar-refractivity contribution in [3.63, 3.8) is 0 Å². The lowest BCUT2D eigenvalue weighted by molar-refractivity contribution is 0.505. The summed E-state index contributed by atoms with van der Waals surface area (Å²) in [4.78, 5) is 0. The Bertz CT molecular complexity index is 572. The number of aromatic nitrogens is 1. The van der Waals surface area contributed by atoms with Gasteiger partial charge in [0.25, 0.3) is 0 Å². The molecule has 0 bridgehead atoms. The highest BCUT2D eigenvalue weighted by Gasteiger charge is 2.18. The van der Waals surface area contributed by atoms with E-state index in [1.807, 2.05) is 12.1 Å². The quantitative estimate of drug-likeness (QED) is 0.763. The normalized spacial score (nSPS) is 15.4. The molecule has 84 valence electrons. The molecule has 1 N–H and O–H groups in total. The maximum atomic E-state index is 6.27. The predicted molar refractivity (Wildman–Crippen MR) is 68.4 cm³/mol. The van der Waals surface area contributed by atoms with Crippen molar-refractivity contribution in [1.82, 2.24) is 9.88 Å². The number of benzene rings is 1. The summed E-state index contributed by atoms with van der Waals surface area (Å²) in [5.41, 5.74) is 3.80. The van der Waals surface area contributed by atoms with Crippen LogP contribution in [-0.4, -0.2) is 11.1 Å². The monoisotopic (exact) mass is 254 g/mol. The number of hydrogen-bond donors (Lipinski definition) is 1. The lowest BCUT2D eigenvalue weighted by Gasteiger charge is -2.18. The van der Waals surface area contributed by atoms with Gasteiger partial charge in [-0.15, -0.1) is 0 Å². The first kappa shape index (κ1) is 10.5. The van der Waals surface area contributed by atoms with Crippen molar-refractivity contribution in [3.05, 3.63) is 33.4 Å². The molecule has 1 aliphatic heterocycles.